The van der Waals surface area contributed by atoms with Gasteiger partial charge in [-0.3, -0.25) is 4.79 Å². The Balaban J connectivity index is 4.00. The molecule has 0 rings (SSSR count). The van der Waals surface area contributed by atoms with Crippen molar-refractivity contribution in [3.8, 4) is 0 Å². The third kappa shape index (κ3) is 5.32. The van der Waals surface area contributed by atoms with Crippen molar-refractivity contribution >= 4 is 23.1 Å². The minimum atomic E-state index is -0.598. The van der Waals surface area contributed by atoms with Gasteiger partial charge in [-0.1, -0.05) is 18.3 Å². The van der Waals surface area contributed by atoms with Crippen LogP contribution in [0.1, 0.15) is 13.3 Å². The molecule has 13 heavy (non-hydrogen) atoms. The van der Waals surface area contributed by atoms with Gasteiger partial charge in [-0.2, -0.15) is 0 Å². The van der Waals surface area contributed by atoms with Gasteiger partial charge in [0, 0.05) is 12.2 Å². The summed E-state index contributed by atoms with van der Waals surface area (Å²) < 4.78 is 0. The lowest BCUT2D eigenvalue weighted by Gasteiger charge is -2.08. The van der Waals surface area contributed by atoms with Gasteiger partial charge in [0.25, 0.3) is 5.91 Å². The molecule has 0 unspecified atom stereocenters. The molecular weight excluding hydrogens is 186 g/mol. The van der Waals surface area contributed by atoms with Crippen molar-refractivity contribution in [2.24, 2.45) is 5.73 Å². The predicted octanol–water partition coefficient (Wildman–Crippen LogP) is -0.0980. The van der Waals surface area contributed by atoms with Crippen molar-refractivity contribution in [1.29, 1.82) is 0 Å². The highest BCUT2D eigenvalue weighted by molar-refractivity contribution is 7.82. The van der Waals surface area contributed by atoms with Crippen LogP contribution in [0.4, 0.5) is 0 Å². The molecule has 0 atom stereocenters. The summed E-state index contributed by atoms with van der Waals surface area (Å²) in [5, 5.41) is 5.77. The van der Waals surface area contributed by atoms with Crippen LogP contribution >= 0.6 is 12.2 Å². The van der Waals surface area contributed by atoms with Crippen LogP contribution in [0.25, 0.3) is 0 Å². The van der Waals surface area contributed by atoms with Gasteiger partial charge >= 0.3 is 0 Å². The standard InChI is InChI=1S/C8H15N3OS/c1-3-6(4-5-10-2)11-8(13)7(9)12/h3,10H,4-5H2,1-2H3,(H2,9,12)(H,11,13)/b6-3+. The summed E-state index contributed by atoms with van der Waals surface area (Å²) in [4.78, 5) is 10.7. The molecule has 74 valence electrons. The van der Waals surface area contributed by atoms with Crippen molar-refractivity contribution in [2.75, 3.05) is 13.6 Å². The monoisotopic (exact) mass is 201 g/mol. The van der Waals surface area contributed by atoms with Gasteiger partial charge in [-0.15, -0.1) is 0 Å². The zero-order valence-electron chi connectivity index (χ0n) is 7.89. The minimum Gasteiger partial charge on any atom is -0.364 e. The van der Waals surface area contributed by atoms with Crippen molar-refractivity contribution in [3.05, 3.63) is 11.8 Å². The lowest BCUT2D eigenvalue weighted by atomic mass is 10.3. The lowest BCUT2D eigenvalue weighted by Crippen LogP contribution is -2.34. The zero-order valence-corrected chi connectivity index (χ0v) is 8.70. The molecule has 0 aliphatic carbocycles. The first-order valence-electron chi connectivity index (χ1n) is 4.02. The summed E-state index contributed by atoms with van der Waals surface area (Å²) in [5.74, 6) is -0.598. The largest absolute Gasteiger partial charge is 0.364 e. The van der Waals surface area contributed by atoms with Crippen LogP contribution in [0.2, 0.25) is 0 Å². The summed E-state index contributed by atoms with van der Waals surface area (Å²) in [5.41, 5.74) is 5.88. The van der Waals surface area contributed by atoms with Gasteiger partial charge in [-0.05, 0) is 20.4 Å². The molecule has 0 bridgehead atoms. The summed E-state index contributed by atoms with van der Waals surface area (Å²) in [6.45, 7) is 2.70. The Morgan fingerprint density at radius 2 is 2.23 bits per heavy atom. The fourth-order valence-corrected chi connectivity index (χ4v) is 0.877. The topological polar surface area (TPSA) is 67.2 Å². The fraction of sp³-hybridized carbons (Fsp3) is 0.500. The molecular formula is C8H15N3OS. The van der Waals surface area contributed by atoms with Crippen molar-refractivity contribution in [2.45, 2.75) is 13.3 Å². The normalized spacial score (nSPS) is 11.1. The molecule has 0 aliphatic heterocycles. The smallest absolute Gasteiger partial charge is 0.276 e. The number of nitrogens with one attached hydrogen (secondary N) is 2. The van der Waals surface area contributed by atoms with E-state index in [9.17, 15) is 4.79 Å². The van der Waals surface area contributed by atoms with E-state index in [1.54, 1.807) is 0 Å². The number of amides is 1. The van der Waals surface area contributed by atoms with Crippen molar-refractivity contribution < 1.29 is 4.79 Å². The second-order valence-electron chi connectivity index (χ2n) is 2.49. The second kappa shape index (κ2) is 6.56. The Kier molecular flexibility index (Phi) is 6.09. The number of primary amides is 1. The fourth-order valence-electron chi connectivity index (χ4n) is 0.746. The lowest BCUT2D eigenvalue weighted by molar-refractivity contribution is -0.112. The van der Waals surface area contributed by atoms with E-state index in [1.165, 1.54) is 0 Å². The van der Waals surface area contributed by atoms with Crippen LogP contribution in [0.3, 0.4) is 0 Å². The molecule has 4 nitrogen and oxygen atoms in total. The molecule has 0 fully saturated rings. The molecule has 0 spiro atoms. The Morgan fingerprint density at radius 3 is 2.62 bits per heavy atom. The number of carbonyl (C=O) groups excluding carboxylic acids is 1. The Bertz CT molecular complexity index is 225. The van der Waals surface area contributed by atoms with Crippen LogP contribution in [-0.2, 0) is 4.79 Å². The molecule has 1 amide bonds. The average Bonchev–Trinajstić information content (AvgIpc) is 2.11. The van der Waals surface area contributed by atoms with E-state index >= 15 is 0 Å². The number of thiocarbonyl (C=S) groups is 1. The van der Waals surface area contributed by atoms with E-state index in [4.69, 9.17) is 18.0 Å². The Labute approximate surface area is 83.6 Å². The van der Waals surface area contributed by atoms with E-state index in [-0.39, 0.29) is 4.99 Å². The van der Waals surface area contributed by atoms with Gasteiger partial charge in [0.2, 0.25) is 0 Å². The van der Waals surface area contributed by atoms with Crippen LogP contribution in [0.15, 0.2) is 11.8 Å². The molecule has 0 saturated carbocycles. The molecule has 0 heterocycles. The van der Waals surface area contributed by atoms with Gasteiger partial charge in [0.05, 0.1) is 0 Å². The number of carbonyl (C=O) groups is 1. The van der Waals surface area contributed by atoms with Crippen LogP contribution in [0, 0.1) is 0 Å². The van der Waals surface area contributed by atoms with Gasteiger partial charge in [0.1, 0.15) is 0 Å². The first-order valence-corrected chi connectivity index (χ1v) is 4.43. The summed E-state index contributed by atoms with van der Waals surface area (Å²) in [6, 6.07) is 0. The quantitative estimate of drug-likeness (QED) is 0.556. The number of rotatable bonds is 4. The molecule has 0 aliphatic rings. The molecule has 0 saturated heterocycles. The molecule has 0 radical (unpaired) electrons. The van der Waals surface area contributed by atoms with Crippen molar-refractivity contribution in [1.82, 2.24) is 10.6 Å². The SMILES string of the molecule is C/C=C(\CCNC)NC(=S)C(N)=O. The maximum absolute atomic E-state index is 10.6. The second-order valence-corrected chi connectivity index (χ2v) is 2.89. The van der Waals surface area contributed by atoms with Gasteiger partial charge in [0.15, 0.2) is 4.99 Å². The van der Waals surface area contributed by atoms with Gasteiger partial charge in [-0.25, -0.2) is 0 Å². The van der Waals surface area contributed by atoms with Gasteiger partial charge < -0.3 is 16.4 Å². The number of hydrogen-bond acceptors (Lipinski definition) is 3. The van der Waals surface area contributed by atoms with E-state index < -0.39 is 5.91 Å². The summed E-state index contributed by atoms with van der Waals surface area (Å²) in [7, 11) is 1.86. The maximum atomic E-state index is 10.6. The highest BCUT2D eigenvalue weighted by atomic mass is 32.1. The zero-order chi connectivity index (χ0) is 10.3. The van der Waals surface area contributed by atoms with Crippen LogP contribution in [0.5, 0.6) is 0 Å². The van der Waals surface area contributed by atoms with E-state index in [2.05, 4.69) is 10.6 Å². The Hall–Kier alpha value is -0.940. The third-order valence-electron chi connectivity index (χ3n) is 1.49. The number of nitrogens with two attached hydrogens (primary N) is 1. The minimum absolute atomic E-state index is 0.0594. The number of hydrogen-bond donors (Lipinski definition) is 3. The Morgan fingerprint density at radius 1 is 1.62 bits per heavy atom. The summed E-state index contributed by atoms with van der Waals surface area (Å²) in [6.07, 6.45) is 2.66. The van der Waals surface area contributed by atoms with E-state index in [0.717, 1.165) is 18.7 Å². The highest BCUT2D eigenvalue weighted by Crippen LogP contribution is 1.95. The molecule has 0 aromatic rings. The van der Waals surface area contributed by atoms with E-state index in [1.807, 2.05) is 20.0 Å². The molecule has 0 aromatic heterocycles. The molecule has 0 aromatic carbocycles. The predicted molar refractivity (Wildman–Crippen MR) is 57.2 cm³/mol. The first-order chi connectivity index (χ1) is 6.11. The molecule has 4 N–H and O–H groups in total. The summed E-state index contributed by atoms with van der Waals surface area (Å²) >= 11 is 4.72. The van der Waals surface area contributed by atoms with Crippen LogP contribution < -0.4 is 16.4 Å². The first kappa shape index (κ1) is 12.1. The maximum Gasteiger partial charge on any atom is 0.276 e. The molecule has 5 heteroatoms. The number of allylic oxidation sites excluding steroid dienone is 1. The third-order valence-corrected chi connectivity index (χ3v) is 1.79. The van der Waals surface area contributed by atoms with E-state index in [0.29, 0.717) is 0 Å². The highest BCUT2D eigenvalue weighted by Gasteiger charge is 2.04. The van der Waals surface area contributed by atoms with Crippen molar-refractivity contribution in [3.63, 3.8) is 0 Å². The van der Waals surface area contributed by atoms with Crippen LogP contribution in [-0.4, -0.2) is 24.5 Å². The average molecular weight is 201 g/mol.